The number of aliphatic hydroxyl groups is 1. The van der Waals surface area contributed by atoms with Crippen molar-refractivity contribution in [2.24, 2.45) is 0 Å². The summed E-state index contributed by atoms with van der Waals surface area (Å²) in [6.45, 7) is 0. The van der Waals surface area contributed by atoms with Gasteiger partial charge >= 0.3 is 0 Å². The fraction of sp³-hybridized carbons (Fsp3) is 0.0455. The Balaban J connectivity index is 1.97. The SMILES string of the molecule is O=C1C(=O)N(c2cc(Cl)ccc2O)C(c2cccnc2)/C1=C(\O)c1ccc(F)cc1. The highest BCUT2D eigenvalue weighted by molar-refractivity contribution is 6.52. The molecule has 1 aromatic heterocycles. The average molecular weight is 425 g/mol. The van der Waals surface area contributed by atoms with Crippen molar-refractivity contribution >= 4 is 34.7 Å². The number of Topliss-reactive ketones (excluding diaryl/α,β-unsaturated/α-hetero) is 1. The molecule has 1 amide bonds. The van der Waals surface area contributed by atoms with Gasteiger partial charge in [-0.3, -0.25) is 19.5 Å². The Kier molecular flexibility index (Phi) is 4.97. The van der Waals surface area contributed by atoms with Crippen LogP contribution in [0.5, 0.6) is 5.75 Å². The molecule has 8 heteroatoms. The number of hydrogen-bond acceptors (Lipinski definition) is 5. The number of carbonyl (C=O) groups is 2. The van der Waals surface area contributed by atoms with E-state index in [2.05, 4.69) is 4.98 Å². The zero-order valence-electron chi connectivity index (χ0n) is 15.3. The van der Waals surface area contributed by atoms with Gasteiger partial charge in [-0.2, -0.15) is 0 Å². The zero-order valence-corrected chi connectivity index (χ0v) is 16.0. The Morgan fingerprint density at radius 1 is 1.10 bits per heavy atom. The Hall–Kier alpha value is -3.71. The second-order valence-corrected chi connectivity index (χ2v) is 7.03. The number of phenolic OH excluding ortho intramolecular Hbond substituents is 1. The molecule has 2 N–H and O–H groups in total. The number of hydrogen-bond donors (Lipinski definition) is 2. The molecule has 0 radical (unpaired) electrons. The third-order valence-electron chi connectivity index (χ3n) is 4.76. The molecule has 0 saturated carbocycles. The minimum atomic E-state index is -1.08. The van der Waals surface area contributed by atoms with Crippen molar-refractivity contribution in [1.82, 2.24) is 4.98 Å². The molecular weight excluding hydrogens is 411 g/mol. The lowest BCUT2D eigenvalue weighted by Gasteiger charge is -2.25. The minimum Gasteiger partial charge on any atom is -0.507 e. The van der Waals surface area contributed by atoms with Crippen LogP contribution >= 0.6 is 11.6 Å². The third-order valence-corrected chi connectivity index (χ3v) is 4.99. The summed E-state index contributed by atoms with van der Waals surface area (Å²) in [6, 6.07) is 11.1. The monoisotopic (exact) mass is 424 g/mol. The van der Waals surface area contributed by atoms with Crippen LogP contribution in [0.3, 0.4) is 0 Å². The van der Waals surface area contributed by atoms with E-state index in [-0.39, 0.29) is 27.6 Å². The number of aromatic nitrogens is 1. The van der Waals surface area contributed by atoms with Crippen molar-refractivity contribution in [3.63, 3.8) is 0 Å². The van der Waals surface area contributed by atoms with Crippen LogP contribution in [-0.2, 0) is 9.59 Å². The third kappa shape index (κ3) is 3.29. The van der Waals surface area contributed by atoms with Crippen LogP contribution in [0.2, 0.25) is 5.02 Å². The smallest absolute Gasteiger partial charge is 0.300 e. The molecule has 1 aliphatic heterocycles. The van der Waals surface area contributed by atoms with E-state index in [0.29, 0.717) is 5.56 Å². The van der Waals surface area contributed by atoms with Gasteiger partial charge in [0.25, 0.3) is 11.7 Å². The Bertz CT molecular complexity index is 1180. The van der Waals surface area contributed by atoms with Gasteiger partial charge in [0.15, 0.2) is 0 Å². The van der Waals surface area contributed by atoms with E-state index >= 15 is 0 Å². The van der Waals surface area contributed by atoms with E-state index in [1.54, 1.807) is 12.1 Å². The standard InChI is InChI=1S/C22H14ClFN2O4/c23-14-5-8-17(27)16(10-14)26-19(13-2-1-9-25-11-13)18(21(29)22(26)30)20(28)12-3-6-15(24)7-4-12/h1-11,19,27-28H/b20-18+. The van der Waals surface area contributed by atoms with Gasteiger partial charge in [0.2, 0.25) is 0 Å². The van der Waals surface area contributed by atoms with Crippen molar-refractivity contribution in [3.8, 4) is 5.75 Å². The fourth-order valence-corrected chi connectivity index (χ4v) is 3.55. The highest BCUT2D eigenvalue weighted by atomic mass is 35.5. The predicted octanol–water partition coefficient (Wildman–Crippen LogP) is 4.21. The Labute approximate surface area is 175 Å². The molecule has 1 atom stereocenters. The number of pyridine rings is 1. The first-order valence-corrected chi connectivity index (χ1v) is 9.21. The number of aliphatic hydroxyl groups excluding tert-OH is 1. The first kappa shape index (κ1) is 19.6. The van der Waals surface area contributed by atoms with Crippen LogP contribution < -0.4 is 4.90 Å². The summed E-state index contributed by atoms with van der Waals surface area (Å²) < 4.78 is 13.3. The van der Waals surface area contributed by atoms with Crippen molar-refractivity contribution in [3.05, 3.63) is 94.5 Å². The lowest BCUT2D eigenvalue weighted by atomic mass is 9.96. The number of rotatable bonds is 3. The van der Waals surface area contributed by atoms with Gasteiger partial charge in [0.1, 0.15) is 17.3 Å². The minimum absolute atomic E-state index is 0.0107. The van der Waals surface area contributed by atoms with Gasteiger partial charge in [-0.15, -0.1) is 0 Å². The van der Waals surface area contributed by atoms with Crippen LogP contribution in [0.1, 0.15) is 17.2 Å². The van der Waals surface area contributed by atoms with E-state index in [0.717, 1.165) is 17.0 Å². The number of anilines is 1. The molecule has 30 heavy (non-hydrogen) atoms. The molecule has 0 spiro atoms. The Morgan fingerprint density at radius 3 is 2.50 bits per heavy atom. The lowest BCUT2D eigenvalue weighted by molar-refractivity contribution is -0.132. The van der Waals surface area contributed by atoms with Gasteiger partial charge in [0, 0.05) is 23.0 Å². The van der Waals surface area contributed by atoms with Crippen molar-refractivity contribution < 1.29 is 24.2 Å². The summed E-state index contributed by atoms with van der Waals surface area (Å²) in [5.41, 5.74) is 0.397. The first-order valence-electron chi connectivity index (χ1n) is 8.84. The van der Waals surface area contributed by atoms with Gasteiger partial charge in [0.05, 0.1) is 17.3 Å². The topological polar surface area (TPSA) is 90.7 Å². The van der Waals surface area contributed by atoms with Gasteiger partial charge in [-0.05, 0) is 54.1 Å². The van der Waals surface area contributed by atoms with Crippen LogP contribution in [-0.4, -0.2) is 26.9 Å². The number of benzene rings is 2. The quantitative estimate of drug-likeness (QED) is 0.373. The molecule has 2 aromatic carbocycles. The number of amides is 1. The number of nitrogens with zero attached hydrogens (tertiary/aromatic N) is 2. The van der Waals surface area contributed by atoms with Gasteiger partial charge < -0.3 is 10.2 Å². The maximum absolute atomic E-state index is 13.3. The van der Waals surface area contributed by atoms with Crippen molar-refractivity contribution in [2.75, 3.05) is 4.90 Å². The molecule has 4 rings (SSSR count). The number of ketones is 1. The molecule has 0 bridgehead atoms. The maximum atomic E-state index is 13.3. The fourth-order valence-electron chi connectivity index (χ4n) is 3.39. The molecule has 150 valence electrons. The average Bonchev–Trinajstić information content (AvgIpc) is 3.01. The van der Waals surface area contributed by atoms with Gasteiger partial charge in [-0.25, -0.2) is 4.39 Å². The second kappa shape index (κ2) is 7.61. The summed E-state index contributed by atoms with van der Waals surface area (Å²) in [6.07, 6.45) is 2.97. The maximum Gasteiger partial charge on any atom is 0.300 e. The summed E-state index contributed by atoms with van der Waals surface area (Å²) in [7, 11) is 0. The Morgan fingerprint density at radius 2 is 1.83 bits per heavy atom. The zero-order chi connectivity index (χ0) is 21.4. The van der Waals surface area contributed by atoms with Gasteiger partial charge in [-0.1, -0.05) is 17.7 Å². The van der Waals surface area contributed by atoms with E-state index < -0.39 is 29.3 Å². The lowest BCUT2D eigenvalue weighted by Crippen LogP contribution is -2.29. The molecule has 2 heterocycles. The summed E-state index contributed by atoms with van der Waals surface area (Å²) in [5, 5.41) is 21.4. The highest BCUT2D eigenvalue weighted by Crippen LogP contribution is 2.45. The van der Waals surface area contributed by atoms with Crippen molar-refractivity contribution in [2.45, 2.75) is 6.04 Å². The van der Waals surface area contributed by atoms with Crippen LogP contribution in [0.25, 0.3) is 5.76 Å². The van der Waals surface area contributed by atoms with E-state index in [1.165, 1.54) is 42.7 Å². The van der Waals surface area contributed by atoms with Crippen LogP contribution in [0.15, 0.2) is 72.6 Å². The highest BCUT2D eigenvalue weighted by Gasteiger charge is 2.47. The molecule has 1 aliphatic rings. The van der Waals surface area contributed by atoms with Crippen LogP contribution in [0, 0.1) is 5.82 Å². The van der Waals surface area contributed by atoms with Crippen molar-refractivity contribution in [1.29, 1.82) is 0 Å². The number of carbonyl (C=O) groups excluding carboxylic acids is 2. The number of phenols is 1. The van der Waals surface area contributed by atoms with Crippen LogP contribution in [0.4, 0.5) is 10.1 Å². The molecular formula is C22H14ClFN2O4. The molecule has 6 nitrogen and oxygen atoms in total. The molecule has 1 saturated heterocycles. The van der Waals surface area contributed by atoms with E-state index in [4.69, 9.17) is 11.6 Å². The van der Waals surface area contributed by atoms with E-state index in [1.807, 2.05) is 0 Å². The molecule has 0 aliphatic carbocycles. The van der Waals surface area contributed by atoms with E-state index in [9.17, 15) is 24.2 Å². The summed E-state index contributed by atoms with van der Waals surface area (Å²) >= 11 is 6.04. The predicted molar refractivity (Wildman–Crippen MR) is 109 cm³/mol. The summed E-state index contributed by atoms with van der Waals surface area (Å²) in [4.78, 5) is 31.0. The molecule has 3 aromatic rings. The molecule has 1 unspecified atom stereocenters. The second-order valence-electron chi connectivity index (χ2n) is 6.60. The largest absolute Gasteiger partial charge is 0.507 e. The first-order chi connectivity index (χ1) is 14.4. The number of halogens is 2. The summed E-state index contributed by atoms with van der Waals surface area (Å²) in [5.74, 6) is -3.15. The number of aromatic hydroxyl groups is 1. The molecule has 1 fully saturated rings. The normalized spacial score (nSPS) is 18.1.